The number of anilines is 1. The number of carbonyl (C=O) groups is 1. The molecule has 1 N–H and O–H groups in total. The van der Waals surface area contributed by atoms with Gasteiger partial charge in [0.2, 0.25) is 0 Å². The second kappa shape index (κ2) is 7.75. The Kier molecular flexibility index (Phi) is 5.39. The van der Waals surface area contributed by atoms with Gasteiger partial charge < -0.3 is 10.1 Å². The van der Waals surface area contributed by atoms with Crippen LogP contribution in [0.25, 0.3) is 11.3 Å². The summed E-state index contributed by atoms with van der Waals surface area (Å²) in [6.07, 6.45) is -4.42. The minimum absolute atomic E-state index is 0.166. The molecular weight excluding hydrogens is 371 g/mol. The smallest absolute Gasteiger partial charge is 0.416 e. The highest BCUT2D eigenvalue weighted by atomic mass is 19.4. The maximum absolute atomic E-state index is 12.6. The van der Waals surface area contributed by atoms with Gasteiger partial charge in [-0.15, -0.1) is 0 Å². The lowest BCUT2D eigenvalue weighted by molar-refractivity contribution is -0.137. The molecule has 8 heteroatoms. The number of alkyl halides is 3. The van der Waals surface area contributed by atoms with Crippen LogP contribution < -0.4 is 10.1 Å². The van der Waals surface area contributed by atoms with E-state index in [1.807, 2.05) is 31.2 Å². The molecule has 1 aromatic heterocycles. The van der Waals surface area contributed by atoms with Gasteiger partial charge in [-0.1, -0.05) is 12.1 Å². The lowest BCUT2D eigenvalue weighted by Gasteiger charge is -2.08. The highest BCUT2D eigenvalue weighted by Gasteiger charge is 2.30. The first-order valence-electron chi connectivity index (χ1n) is 8.52. The van der Waals surface area contributed by atoms with Crippen LogP contribution in [-0.4, -0.2) is 22.8 Å². The summed E-state index contributed by atoms with van der Waals surface area (Å²) in [5.74, 6) is 0.174. The van der Waals surface area contributed by atoms with Crippen molar-refractivity contribution in [3.63, 3.8) is 0 Å². The first kappa shape index (κ1) is 19.5. The van der Waals surface area contributed by atoms with E-state index >= 15 is 0 Å². The molecule has 1 amide bonds. The van der Waals surface area contributed by atoms with Gasteiger partial charge in [0.05, 0.1) is 18.4 Å². The molecular formula is C20H18F3N3O2. The molecule has 0 spiro atoms. The van der Waals surface area contributed by atoms with E-state index in [2.05, 4.69) is 10.4 Å². The lowest BCUT2D eigenvalue weighted by Crippen LogP contribution is -2.13. The fraction of sp³-hybridized carbons (Fsp3) is 0.200. The van der Waals surface area contributed by atoms with Crippen molar-refractivity contribution in [1.82, 2.24) is 9.78 Å². The van der Waals surface area contributed by atoms with Gasteiger partial charge in [0.1, 0.15) is 5.75 Å². The van der Waals surface area contributed by atoms with Crippen LogP contribution in [0.1, 0.15) is 23.0 Å². The first-order chi connectivity index (χ1) is 13.3. The summed E-state index contributed by atoms with van der Waals surface area (Å²) in [5, 5.41) is 6.87. The molecule has 1 heterocycles. The van der Waals surface area contributed by atoms with Gasteiger partial charge in [0, 0.05) is 17.8 Å². The Balaban J connectivity index is 1.83. The molecule has 0 atom stereocenters. The van der Waals surface area contributed by atoms with Crippen molar-refractivity contribution in [3.05, 3.63) is 65.9 Å². The number of ether oxygens (including phenoxy) is 1. The number of methoxy groups -OCH3 is 1. The summed E-state index contributed by atoms with van der Waals surface area (Å²) < 4.78 is 44.8. The normalized spacial score (nSPS) is 11.3. The number of rotatable bonds is 5. The van der Waals surface area contributed by atoms with E-state index in [0.717, 1.165) is 23.4 Å². The maximum atomic E-state index is 12.6. The van der Waals surface area contributed by atoms with Crippen molar-refractivity contribution in [3.8, 4) is 17.0 Å². The number of amides is 1. The second-order valence-electron chi connectivity index (χ2n) is 5.99. The molecule has 0 aliphatic carbocycles. The highest BCUT2D eigenvalue weighted by Crippen LogP contribution is 2.30. The summed E-state index contributed by atoms with van der Waals surface area (Å²) in [7, 11) is 1.57. The average Bonchev–Trinajstić information content (AvgIpc) is 3.12. The standard InChI is InChI=1S/C20H18F3N3O2/c1-3-26-18(13-5-4-6-16(11-13)28-2)12-17(25-26)19(27)24-15-9-7-14(8-10-15)20(21,22)23/h4-12H,3H2,1-2H3,(H,24,27). The van der Waals surface area contributed by atoms with Crippen LogP contribution in [0.4, 0.5) is 18.9 Å². The van der Waals surface area contributed by atoms with Gasteiger partial charge in [0.15, 0.2) is 5.69 Å². The van der Waals surface area contributed by atoms with Crippen LogP contribution in [0.2, 0.25) is 0 Å². The third-order valence-electron chi connectivity index (χ3n) is 4.15. The van der Waals surface area contributed by atoms with Crippen LogP contribution in [-0.2, 0) is 12.7 Å². The molecule has 0 radical (unpaired) electrons. The third kappa shape index (κ3) is 4.16. The van der Waals surface area contributed by atoms with Crippen LogP contribution in [0, 0.1) is 0 Å². The molecule has 0 aliphatic rings. The molecule has 0 aliphatic heterocycles. The summed E-state index contributed by atoms with van der Waals surface area (Å²) in [5.41, 5.74) is 1.22. The van der Waals surface area contributed by atoms with Crippen molar-refractivity contribution >= 4 is 11.6 Å². The number of nitrogens with one attached hydrogen (secondary N) is 1. The van der Waals surface area contributed by atoms with Gasteiger partial charge in [0.25, 0.3) is 5.91 Å². The molecule has 0 saturated heterocycles. The van der Waals surface area contributed by atoms with Crippen molar-refractivity contribution in [2.24, 2.45) is 0 Å². The molecule has 3 aromatic rings. The number of aromatic nitrogens is 2. The van der Waals surface area contributed by atoms with E-state index in [1.165, 1.54) is 12.1 Å². The van der Waals surface area contributed by atoms with Crippen molar-refractivity contribution < 1.29 is 22.7 Å². The van der Waals surface area contributed by atoms with Crippen LogP contribution in [0.3, 0.4) is 0 Å². The van der Waals surface area contributed by atoms with Gasteiger partial charge in [-0.2, -0.15) is 18.3 Å². The van der Waals surface area contributed by atoms with Gasteiger partial charge in [-0.3, -0.25) is 9.48 Å². The second-order valence-corrected chi connectivity index (χ2v) is 5.99. The summed E-state index contributed by atoms with van der Waals surface area (Å²) >= 11 is 0. The Morgan fingerprint density at radius 2 is 1.86 bits per heavy atom. The summed E-state index contributed by atoms with van der Waals surface area (Å²) in [6.45, 7) is 2.44. The molecule has 3 rings (SSSR count). The Morgan fingerprint density at radius 3 is 2.46 bits per heavy atom. The highest BCUT2D eigenvalue weighted by molar-refractivity contribution is 6.03. The van der Waals surface area contributed by atoms with Crippen LogP contribution >= 0.6 is 0 Å². The topological polar surface area (TPSA) is 56.2 Å². The Labute approximate surface area is 159 Å². The predicted octanol–water partition coefficient (Wildman–Crippen LogP) is 4.85. The van der Waals surface area contributed by atoms with Crippen LogP contribution in [0.15, 0.2) is 54.6 Å². The average molecular weight is 389 g/mol. The number of hydrogen-bond acceptors (Lipinski definition) is 3. The number of nitrogens with zero attached hydrogens (tertiary/aromatic N) is 2. The predicted molar refractivity (Wildman–Crippen MR) is 99.3 cm³/mol. The van der Waals surface area contributed by atoms with E-state index < -0.39 is 17.6 Å². The fourth-order valence-corrected chi connectivity index (χ4v) is 2.72. The molecule has 0 unspecified atom stereocenters. The molecule has 0 fully saturated rings. The van der Waals surface area contributed by atoms with E-state index in [1.54, 1.807) is 17.9 Å². The number of hydrogen-bond donors (Lipinski definition) is 1. The summed E-state index contributed by atoms with van der Waals surface area (Å²) in [6, 6.07) is 13.3. The molecule has 0 bridgehead atoms. The van der Waals surface area contributed by atoms with E-state index in [0.29, 0.717) is 12.3 Å². The Bertz CT molecular complexity index is 979. The van der Waals surface area contributed by atoms with Gasteiger partial charge in [-0.25, -0.2) is 0 Å². The van der Waals surface area contributed by atoms with Gasteiger partial charge in [-0.05, 0) is 49.4 Å². The van der Waals surface area contributed by atoms with Gasteiger partial charge >= 0.3 is 6.18 Å². The molecule has 28 heavy (non-hydrogen) atoms. The SMILES string of the molecule is CCn1nc(C(=O)Nc2ccc(C(F)(F)F)cc2)cc1-c1cccc(OC)c1. The summed E-state index contributed by atoms with van der Waals surface area (Å²) in [4.78, 5) is 12.5. The fourth-order valence-electron chi connectivity index (χ4n) is 2.72. The van der Waals surface area contributed by atoms with Crippen LogP contribution in [0.5, 0.6) is 5.75 Å². The molecule has 0 saturated carbocycles. The zero-order valence-electron chi connectivity index (χ0n) is 15.2. The number of halogens is 3. The number of carbonyl (C=O) groups excluding carboxylic acids is 1. The minimum Gasteiger partial charge on any atom is -0.497 e. The van der Waals surface area contributed by atoms with E-state index in [-0.39, 0.29) is 11.4 Å². The largest absolute Gasteiger partial charge is 0.497 e. The van der Waals surface area contributed by atoms with Crippen molar-refractivity contribution in [2.75, 3.05) is 12.4 Å². The molecule has 146 valence electrons. The Morgan fingerprint density at radius 1 is 1.14 bits per heavy atom. The molecule has 2 aromatic carbocycles. The van der Waals surface area contributed by atoms with Crippen molar-refractivity contribution in [2.45, 2.75) is 19.6 Å². The quantitative estimate of drug-likeness (QED) is 0.679. The van der Waals surface area contributed by atoms with E-state index in [4.69, 9.17) is 4.74 Å². The Hall–Kier alpha value is -3.29. The minimum atomic E-state index is -4.42. The zero-order valence-corrected chi connectivity index (χ0v) is 15.2. The molecule has 5 nitrogen and oxygen atoms in total. The first-order valence-corrected chi connectivity index (χ1v) is 8.52. The maximum Gasteiger partial charge on any atom is 0.416 e. The number of benzene rings is 2. The zero-order chi connectivity index (χ0) is 20.3. The third-order valence-corrected chi connectivity index (χ3v) is 4.15. The number of aryl methyl sites for hydroxylation is 1. The van der Waals surface area contributed by atoms with Crippen molar-refractivity contribution in [1.29, 1.82) is 0 Å². The monoisotopic (exact) mass is 389 g/mol. The van der Waals surface area contributed by atoms with E-state index in [9.17, 15) is 18.0 Å². The lowest BCUT2D eigenvalue weighted by atomic mass is 10.1.